The summed E-state index contributed by atoms with van der Waals surface area (Å²) >= 11 is 13.7. The van der Waals surface area contributed by atoms with Crippen molar-refractivity contribution in [3.8, 4) is 0 Å². The summed E-state index contributed by atoms with van der Waals surface area (Å²) in [5, 5.41) is 1.10. The highest BCUT2D eigenvalue weighted by molar-refractivity contribution is 8.00. The largest absolute Gasteiger partial charge is 0.368 e. The van der Waals surface area contributed by atoms with E-state index in [1.165, 1.54) is 11.8 Å². The molecule has 1 aliphatic heterocycles. The van der Waals surface area contributed by atoms with Gasteiger partial charge in [0.2, 0.25) is 5.91 Å². The number of aryl methyl sites for hydroxylation is 1. The fourth-order valence-corrected chi connectivity index (χ4v) is 4.16. The summed E-state index contributed by atoms with van der Waals surface area (Å²) in [4.78, 5) is 21.7. The third-order valence-corrected chi connectivity index (χ3v) is 6.06. The van der Waals surface area contributed by atoms with E-state index in [0.29, 0.717) is 15.8 Å². The van der Waals surface area contributed by atoms with Gasteiger partial charge in [0.05, 0.1) is 15.8 Å². The Kier molecular flexibility index (Phi) is 6.10. The molecule has 0 N–H and O–H groups in total. The molecule has 1 aliphatic rings. The van der Waals surface area contributed by atoms with E-state index in [0.717, 1.165) is 42.3 Å². The lowest BCUT2D eigenvalue weighted by molar-refractivity contribution is -0.128. The zero-order chi connectivity index (χ0) is 17.8. The minimum absolute atomic E-state index is 0.156. The summed E-state index contributed by atoms with van der Waals surface area (Å²) in [5.41, 5.74) is 2.08. The summed E-state index contributed by atoms with van der Waals surface area (Å²) < 4.78 is 0. The first kappa shape index (κ1) is 18.4. The number of piperazine rings is 1. The van der Waals surface area contributed by atoms with Crippen LogP contribution < -0.4 is 4.90 Å². The first-order chi connectivity index (χ1) is 12.0. The maximum Gasteiger partial charge on any atom is 0.233 e. The van der Waals surface area contributed by atoms with Crippen LogP contribution in [0.4, 0.5) is 5.69 Å². The van der Waals surface area contributed by atoms with Crippen LogP contribution in [0.25, 0.3) is 0 Å². The molecule has 0 radical (unpaired) electrons. The molecule has 2 heterocycles. The molecule has 1 fully saturated rings. The monoisotopic (exact) mass is 395 g/mol. The minimum atomic E-state index is 0.156. The van der Waals surface area contributed by atoms with Gasteiger partial charge < -0.3 is 9.80 Å². The van der Waals surface area contributed by atoms with Gasteiger partial charge in [-0.05, 0) is 36.8 Å². The molecule has 132 valence electrons. The predicted molar refractivity (Wildman–Crippen MR) is 105 cm³/mol. The number of benzene rings is 1. The van der Waals surface area contributed by atoms with Gasteiger partial charge in [0.25, 0.3) is 0 Å². The van der Waals surface area contributed by atoms with E-state index >= 15 is 0 Å². The summed E-state index contributed by atoms with van der Waals surface area (Å²) in [5.74, 6) is 0.565. The van der Waals surface area contributed by atoms with Crippen LogP contribution in [0.2, 0.25) is 10.0 Å². The van der Waals surface area contributed by atoms with Gasteiger partial charge in [-0.25, -0.2) is 0 Å². The fourth-order valence-electron chi connectivity index (χ4n) is 2.78. The molecule has 4 nitrogen and oxygen atoms in total. The number of hydrogen-bond donors (Lipinski definition) is 0. The topological polar surface area (TPSA) is 36.4 Å². The van der Waals surface area contributed by atoms with Gasteiger partial charge in [-0.3, -0.25) is 9.78 Å². The van der Waals surface area contributed by atoms with Crippen molar-refractivity contribution >= 4 is 46.6 Å². The van der Waals surface area contributed by atoms with Gasteiger partial charge in [0, 0.05) is 49.2 Å². The van der Waals surface area contributed by atoms with Crippen molar-refractivity contribution < 1.29 is 4.79 Å². The maximum absolute atomic E-state index is 12.5. The van der Waals surface area contributed by atoms with E-state index in [2.05, 4.69) is 9.88 Å². The number of carbonyl (C=O) groups is 1. The highest BCUT2D eigenvalue weighted by Crippen LogP contribution is 2.31. The molecule has 1 aromatic heterocycles. The quantitative estimate of drug-likeness (QED) is 0.728. The first-order valence-electron chi connectivity index (χ1n) is 8.06. The third kappa shape index (κ3) is 4.60. The second-order valence-corrected chi connectivity index (χ2v) is 7.73. The molecular formula is C18H19Cl2N3OS. The van der Waals surface area contributed by atoms with Crippen LogP contribution in [0.3, 0.4) is 0 Å². The number of carbonyl (C=O) groups excluding carboxylic acids is 1. The molecule has 1 saturated heterocycles. The van der Waals surface area contributed by atoms with Crippen molar-refractivity contribution in [2.75, 3.05) is 36.8 Å². The van der Waals surface area contributed by atoms with Crippen molar-refractivity contribution in [3.05, 3.63) is 52.3 Å². The SMILES string of the molecule is Cc1cc(SCC(=O)N2CCN(c3ccncc3)CC2)cc(Cl)c1Cl. The summed E-state index contributed by atoms with van der Waals surface area (Å²) in [6.07, 6.45) is 3.59. The number of rotatable bonds is 4. The lowest BCUT2D eigenvalue weighted by Crippen LogP contribution is -2.49. The number of halogens is 2. The first-order valence-corrected chi connectivity index (χ1v) is 9.80. The molecule has 0 unspecified atom stereocenters. The van der Waals surface area contributed by atoms with Crippen molar-refractivity contribution in [2.45, 2.75) is 11.8 Å². The van der Waals surface area contributed by atoms with E-state index < -0.39 is 0 Å². The zero-order valence-corrected chi connectivity index (χ0v) is 16.2. The van der Waals surface area contributed by atoms with Crippen molar-refractivity contribution in [1.82, 2.24) is 9.88 Å². The normalized spacial score (nSPS) is 14.7. The highest BCUT2D eigenvalue weighted by Gasteiger charge is 2.21. The Labute approximate surface area is 162 Å². The second-order valence-electron chi connectivity index (χ2n) is 5.90. The lowest BCUT2D eigenvalue weighted by atomic mass is 10.2. The van der Waals surface area contributed by atoms with Crippen LogP contribution in [0, 0.1) is 6.92 Å². The van der Waals surface area contributed by atoms with Crippen molar-refractivity contribution in [1.29, 1.82) is 0 Å². The minimum Gasteiger partial charge on any atom is -0.368 e. The van der Waals surface area contributed by atoms with Gasteiger partial charge in [-0.2, -0.15) is 0 Å². The molecule has 3 rings (SSSR count). The Morgan fingerprint density at radius 3 is 2.48 bits per heavy atom. The Morgan fingerprint density at radius 2 is 1.84 bits per heavy atom. The van der Waals surface area contributed by atoms with E-state index in [-0.39, 0.29) is 5.91 Å². The van der Waals surface area contributed by atoms with Crippen LogP contribution >= 0.6 is 35.0 Å². The summed E-state index contributed by atoms with van der Waals surface area (Å²) in [6, 6.07) is 7.78. The number of thioether (sulfide) groups is 1. The second kappa shape index (κ2) is 8.30. The van der Waals surface area contributed by atoms with E-state index in [1.54, 1.807) is 12.4 Å². The highest BCUT2D eigenvalue weighted by atomic mass is 35.5. The van der Waals surface area contributed by atoms with Crippen molar-refractivity contribution in [3.63, 3.8) is 0 Å². The number of hydrogen-bond acceptors (Lipinski definition) is 4. The molecule has 0 spiro atoms. The van der Waals surface area contributed by atoms with Crippen LogP contribution in [-0.4, -0.2) is 47.7 Å². The van der Waals surface area contributed by atoms with Crippen LogP contribution in [0.5, 0.6) is 0 Å². The van der Waals surface area contributed by atoms with Gasteiger partial charge in [-0.1, -0.05) is 23.2 Å². The molecule has 0 bridgehead atoms. The van der Waals surface area contributed by atoms with Crippen LogP contribution in [0.1, 0.15) is 5.56 Å². The number of nitrogens with zero attached hydrogens (tertiary/aromatic N) is 3. The fraction of sp³-hybridized carbons (Fsp3) is 0.333. The molecule has 2 aromatic rings. The van der Waals surface area contributed by atoms with E-state index in [1.807, 2.05) is 36.1 Å². The zero-order valence-electron chi connectivity index (χ0n) is 13.9. The number of pyridine rings is 1. The summed E-state index contributed by atoms with van der Waals surface area (Å²) in [7, 11) is 0. The third-order valence-electron chi connectivity index (χ3n) is 4.21. The molecule has 1 aromatic carbocycles. The standard InChI is InChI=1S/C18H19Cl2N3OS/c1-13-10-15(11-16(19)18(13)20)25-12-17(24)23-8-6-22(7-9-23)14-2-4-21-5-3-14/h2-5,10-11H,6-9,12H2,1H3. The smallest absolute Gasteiger partial charge is 0.233 e. The maximum atomic E-state index is 12.5. The average Bonchev–Trinajstić information content (AvgIpc) is 2.65. The van der Waals surface area contributed by atoms with Gasteiger partial charge >= 0.3 is 0 Å². The number of anilines is 1. The van der Waals surface area contributed by atoms with E-state index in [4.69, 9.17) is 23.2 Å². The Morgan fingerprint density at radius 1 is 1.16 bits per heavy atom. The molecule has 0 aliphatic carbocycles. The summed E-state index contributed by atoms with van der Waals surface area (Å²) in [6.45, 7) is 5.07. The Balaban J connectivity index is 1.51. The van der Waals surface area contributed by atoms with Gasteiger partial charge in [-0.15, -0.1) is 11.8 Å². The molecule has 7 heteroatoms. The number of aromatic nitrogens is 1. The molecule has 25 heavy (non-hydrogen) atoms. The molecule has 0 atom stereocenters. The molecular weight excluding hydrogens is 377 g/mol. The number of amides is 1. The Hall–Kier alpha value is -1.43. The van der Waals surface area contributed by atoms with Crippen molar-refractivity contribution in [2.24, 2.45) is 0 Å². The molecule has 1 amide bonds. The average molecular weight is 396 g/mol. The van der Waals surface area contributed by atoms with E-state index in [9.17, 15) is 4.79 Å². The van der Waals surface area contributed by atoms with Gasteiger partial charge in [0.15, 0.2) is 0 Å². The molecule has 0 saturated carbocycles. The van der Waals surface area contributed by atoms with Crippen LogP contribution in [-0.2, 0) is 4.79 Å². The lowest BCUT2D eigenvalue weighted by Gasteiger charge is -2.36. The predicted octanol–water partition coefficient (Wildman–Crippen LogP) is 4.14. The van der Waals surface area contributed by atoms with Gasteiger partial charge in [0.1, 0.15) is 0 Å². The Bertz CT molecular complexity index is 726. The van der Waals surface area contributed by atoms with Crippen LogP contribution in [0.15, 0.2) is 41.6 Å².